The summed E-state index contributed by atoms with van der Waals surface area (Å²) in [5.74, 6) is -0.360. The van der Waals surface area contributed by atoms with Crippen molar-refractivity contribution in [2.24, 2.45) is 0 Å². The Balaban J connectivity index is 1.97. The number of likely N-dealkylation sites (tertiary alicyclic amines) is 1. The molecule has 2 aliphatic heterocycles. The molecule has 1 atom stereocenters. The largest absolute Gasteiger partial charge is 0.387 e. The number of hydrogen-bond acceptors (Lipinski definition) is 3. The number of benzene rings is 1. The SMILES string of the molecule is O=C(CO)N1CC[C@]2(C1)C(=O)Nc1ccccc12. The highest BCUT2D eigenvalue weighted by Gasteiger charge is 2.51. The quantitative estimate of drug-likeness (QED) is 0.738. The van der Waals surface area contributed by atoms with E-state index in [0.29, 0.717) is 19.5 Å². The third-order valence-electron chi connectivity index (χ3n) is 3.88. The van der Waals surface area contributed by atoms with E-state index < -0.39 is 12.0 Å². The number of carbonyl (C=O) groups excluding carboxylic acids is 2. The van der Waals surface area contributed by atoms with E-state index in [1.807, 2.05) is 24.3 Å². The van der Waals surface area contributed by atoms with Crippen LogP contribution in [0.2, 0.25) is 0 Å². The van der Waals surface area contributed by atoms with Crippen LogP contribution in [0.25, 0.3) is 0 Å². The number of aliphatic hydroxyl groups is 1. The van der Waals surface area contributed by atoms with Gasteiger partial charge in [-0.3, -0.25) is 9.59 Å². The van der Waals surface area contributed by atoms with Crippen molar-refractivity contribution in [1.82, 2.24) is 4.90 Å². The van der Waals surface area contributed by atoms with Crippen molar-refractivity contribution in [2.45, 2.75) is 11.8 Å². The molecule has 1 aromatic rings. The number of anilines is 1. The predicted octanol–water partition coefficient (Wildman–Crippen LogP) is 0.101. The summed E-state index contributed by atoms with van der Waals surface area (Å²) < 4.78 is 0. The number of fused-ring (bicyclic) bond motifs is 2. The average molecular weight is 246 g/mol. The van der Waals surface area contributed by atoms with Gasteiger partial charge in [0.25, 0.3) is 0 Å². The molecule has 5 nitrogen and oxygen atoms in total. The smallest absolute Gasteiger partial charge is 0.248 e. The molecule has 0 aromatic heterocycles. The van der Waals surface area contributed by atoms with E-state index in [0.717, 1.165) is 11.3 Å². The molecule has 2 heterocycles. The van der Waals surface area contributed by atoms with Crippen LogP contribution in [-0.4, -0.2) is 41.5 Å². The van der Waals surface area contributed by atoms with Gasteiger partial charge in [0.2, 0.25) is 11.8 Å². The highest BCUT2D eigenvalue weighted by atomic mass is 16.3. The first-order chi connectivity index (χ1) is 8.67. The topological polar surface area (TPSA) is 69.6 Å². The van der Waals surface area contributed by atoms with E-state index in [1.165, 1.54) is 0 Å². The lowest BCUT2D eigenvalue weighted by molar-refractivity contribution is -0.133. The van der Waals surface area contributed by atoms with Crippen molar-refractivity contribution < 1.29 is 14.7 Å². The number of nitrogens with zero attached hydrogens (tertiary/aromatic N) is 1. The van der Waals surface area contributed by atoms with Crippen LogP contribution in [-0.2, 0) is 15.0 Å². The van der Waals surface area contributed by atoms with Crippen LogP contribution in [0.15, 0.2) is 24.3 Å². The molecule has 1 aromatic carbocycles. The summed E-state index contributed by atoms with van der Waals surface area (Å²) in [6, 6.07) is 7.58. The van der Waals surface area contributed by atoms with Gasteiger partial charge in [0.05, 0.1) is 5.41 Å². The monoisotopic (exact) mass is 246 g/mol. The summed E-state index contributed by atoms with van der Waals surface area (Å²) in [5.41, 5.74) is 1.17. The number of amides is 2. The number of rotatable bonds is 1. The summed E-state index contributed by atoms with van der Waals surface area (Å²) in [4.78, 5) is 25.3. The molecule has 2 N–H and O–H groups in total. The first kappa shape index (κ1) is 11.2. The number of hydrogen-bond donors (Lipinski definition) is 2. The fourth-order valence-electron chi connectivity index (χ4n) is 2.90. The van der Waals surface area contributed by atoms with Crippen molar-refractivity contribution in [2.75, 3.05) is 25.0 Å². The Hall–Kier alpha value is -1.88. The van der Waals surface area contributed by atoms with Gasteiger partial charge in [0.15, 0.2) is 0 Å². The molecule has 5 heteroatoms. The van der Waals surface area contributed by atoms with Gasteiger partial charge in [-0.25, -0.2) is 0 Å². The first-order valence-corrected chi connectivity index (χ1v) is 5.97. The molecule has 0 unspecified atom stereocenters. The van der Waals surface area contributed by atoms with Crippen molar-refractivity contribution in [3.63, 3.8) is 0 Å². The van der Waals surface area contributed by atoms with Crippen LogP contribution in [0.5, 0.6) is 0 Å². The predicted molar refractivity (Wildman–Crippen MR) is 65.0 cm³/mol. The first-order valence-electron chi connectivity index (χ1n) is 5.97. The second-order valence-electron chi connectivity index (χ2n) is 4.81. The molecule has 2 aliphatic rings. The van der Waals surface area contributed by atoms with Crippen molar-refractivity contribution in [3.8, 4) is 0 Å². The Morgan fingerprint density at radius 3 is 3.00 bits per heavy atom. The van der Waals surface area contributed by atoms with E-state index in [4.69, 9.17) is 5.11 Å². The van der Waals surface area contributed by atoms with Gasteiger partial charge in [-0.1, -0.05) is 18.2 Å². The van der Waals surface area contributed by atoms with E-state index in [2.05, 4.69) is 5.32 Å². The maximum Gasteiger partial charge on any atom is 0.248 e. The van der Waals surface area contributed by atoms with Gasteiger partial charge >= 0.3 is 0 Å². The maximum absolute atomic E-state index is 12.2. The van der Waals surface area contributed by atoms with Gasteiger partial charge < -0.3 is 15.3 Å². The standard InChI is InChI=1S/C13H14N2O3/c16-7-11(17)15-6-5-13(8-15)9-3-1-2-4-10(9)14-12(13)18/h1-4,16H,5-8H2,(H,14,18)/t13-/m1/s1. The molecular formula is C13H14N2O3. The lowest BCUT2D eigenvalue weighted by Gasteiger charge is -2.22. The molecule has 0 aliphatic carbocycles. The lowest BCUT2D eigenvalue weighted by atomic mass is 9.81. The van der Waals surface area contributed by atoms with Crippen LogP contribution in [0, 0.1) is 0 Å². The molecule has 2 amide bonds. The normalized spacial score (nSPS) is 25.4. The maximum atomic E-state index is 12.2. The van der Waals surface area contributed by atoms with E-state index >= 15 is 0 Å². The molecule has 1 fully saturated rings. The Morgan fingerprint density at radius 1 is 1.44 bits per heavy atom. The Morgan fingerprint density at radius 2 is 2.22 bits per heavy atom. The minimum atomic E-state index is -0.624. The second kappa shape index (κ2) is 3.81. The fraction of sp³-hybridized carbons (Fsp3) is 0.385. The molecule has 3 rings (SSSR count). The van der Waals surface area contributed by atoms with Crippen LogP contribution < -0.4 is 5.32 Å². The van der Waals surface area contributed by atoms with Crippen LogP contribution >= 0.6 is 0 Å². The molecular weight excluding hydrogens is 232 g/mol. The Kier molecular flexibility index (Phi) is 2.38. The average Bonchev–Trinajstić information content (AvgIpc) is 2.94. The van der Waals surface area contributed by atoms with E-state index in [-0.39, 0.29) is 11.8 Å². The van der Waals surface area contributed by atoms with Crippen molar-refractivity contribution in [1.29, 1.82) is 0 Å². The zero-order chi connectivity index (χ0) is 12.8. The molecule has 0 saturated carbocycles. The molecule has 0 bridgehead atoms. The third-order valence-corrected chi connectivity index (χ3v) is 3.88. The summed E-state index contributed by atoms with van der Waals surface area (Å²) in [6.45, 7) is 0.371. The summed E-state index contributed by atoms with van der Waals surface area (Å²) in [6.07, 6.45) is 0.613. The van der Waals surface area contributed by atoms with Crippen LogP contribution in [0.3, 0.4) is 0 Å². The fourth-order valence-corrected chi connectivity index (χ4v) is 2.90. The summed E-state index contributed by atoms with van der Waals surface area (Å²) in [5, 5.41) is 11.8. The van der Waals surface area contributed by atoms with Gasteiger partial charge in [0, 0.05) is 18.8 Å². The molecule has 0 radical (unpaired) electrons. The minimum Gasteiger partial charge on any atom is -0.387 e. The van der Waals surface area contributed by atoms with Crippen molar-refractivity contribution >= 4 is 17.5 Å². The minimum absolute atomic E-state index is 0.0445. The zero-order valence-electron chi connectivity index (χ0n) is 9.85. The highest BCUT2D eigenvalue weighted by molar-refractivity contribution is 6.07. The zero-order valence-corrected chi connectivity index (χ0v) is 9.85. The van der Waals surface area contributed by atoms with Crippen molar-refractivity contribution in [3.05, 3.63) is 29.8 Å². The van der Waals surface area contributed by atoms with E-state index in [1.54, 1.807) is 4.90 Å². The number of nitrogens with one attached hydrogen (secondary N) is 1. The van der Waals surface area contributed by atoms with Gasteiger partial charge in [-0.2, -0.15) is 0 Å². The molecule has 1 spiro atoms. The van der Waals surface area contributed by atoms with E-state index in [9.17, 15) is 9.59 Å². The number of aliphatic hydroxyl groups excluding tert-OH is 1. The molecule has 94 valence electrons. The van der Waals surface area contributed by atoms with Gasteiger partial charge in [0.1, 0.15) is 6.61 Å². The Bertz CT molecular complexity index is 529. The summed E-state index contributed by atoms with van der Waals surface area (Å²) in [7, 11) is 0. The van der Waals surface area contributed by atoms with Crippen LogP contribution in [0.4, 0.5) is 5.69 Å². The number of para-hydroxylation sites is 1. The lowest BCUT2D eigenvalue weighted by Crippen LogP contribution is -2.40. The van der Waals surface area contributed by atoms with Crippen LogP contribution in [0.1, 0.15) is 12.0 Å². The number of carbonyl (C=O) groups is 2. The second-order valence-corrected chi connectivity index (χ2v) is 4.81. The molecule has 18 heavy (non-hydrogen) atoms. The third kappa shape index (κ3) is 1.37. The highest BCUT2D eigenvalue weighted by Crippen LogP contribution is 2.43. The summed E-state index contributed by atoms with van der Waals surface area (Å²) >= 11 is 0. The molecule has 1 saturated heterocycles. The van der Waals surface area contributed by atoms with Gasteiger partial charge in [-0.15, -0.1) is 0 Å². The van der Waals surface area contributed by atoms with Gasteiger partial charge in [-0.05, 0) is 18.1 Å². The Labute approximate surface area is 104 Å².